The van der Waals surface area contributed by atoms with Gasteiger partial charge < -0.3 is 14.4 Å². The number of hydrogen-bond donors (Lipinski definition) is 1. The van der Waals surface area contributed by atoms with Gasteiger partial charge in [-0.15, -0.1) is 0 Å². The van der Waals surface area contributed by atoms with Crippen molar-refractivity contribution in [2.24, 2.45) is 5.92 Å². The molecular formula is C18H16ClNO5. The number of carboxylic acid groups (broad SMARTS) is 1. The highest BCUT2D eigenvalue weighted by Gasteiger charge is 2.29. The van der Waals surface area contributed by atoms with Gasteiger partial charge in [-0.05, 0) is 37.1 Å². The van der Waals surface area contributed by atoms with E-state index < -0.39 is 5.97 Å². The minimum atomic E-state index is -1.14. The minimum Gasteiger partial charge on any atom is -0.478 e. The SMILES string of the molecule is O=C(O)c1coc(C(=O)N2CCC(C(=O)c3ccc(Cl)cc3)CC2)c1. The van der Waals surface area contributed by atoms with Gasteiger partial charge in [0.05, 0.1) is 5.56 Å². The number of hydrogen-bond acceptors (Lipinski definition) is 4. The molecule has 1 fully saturated rings. The second-order valence-electron chi connectivity index (χ2n) is 5.94. The Morgan fingerprint density at radius 3 is 2.28 bits per heavy atom. The highest BCUT2D eigenvalue weighted by molar-refractivity contribution is 6.30. The average molecular weight is 362 g/mol. The van der Waals surface area contributed by atoms with Crippen LogP contribution in [0, 0.1) is 5.92 Å². The highest BCUT2D eigenvalue weighted by Crippen LogP contribution is 2.24. The number of ketones is 1. The summed E-state index contributed by atoms with van der Waals surface area (Å²) in [5, 5.41) is 9.46. The predicted molar refractivity (Wildman–Crippen MR) is 90.1 cm³/mol. The number of Topliss-reactive ketones (excluding diaryl/α,β-unsaturated/α-hetero) is 1. The summed E-state index contributed by atoms with van der Waals surface area (Å²) in [6.07, 6.45) is 2.16. The van der Waals surface area contributed by atoms with Gasteiger partial charge in [0.25, 0.3) is 5.91 Å². The Morgan fingerprint density at radius 2 is 1.72 bits per heavy atom. The molecule has 2 aromatic rings. The molecule has 1 aliphatic rings. The van der Waals surface area contributed by atoms with E-state index in [1.165, 1.54) is 6.07 Å². The summed E-state index contributed by atoms with van der Waals surface area (Å²) in [5.41, 5.74) is 0.558. The van der Waals surface area contributed by atoms with E-state index in [2.05, 4.69) is 0 Å². The first-order chi connectivity index (χ1) is 12.0. The lowest BCUT2D eigenvalue weighted by Gasteiger charge is -2.30. The number of piperidine rings is 1. The molecule has 25 heavy (non-hydrogen) atoms. The summed E-state index contributed by atoms with van der Waals surface area (Å²) < 4.78 is 5.04. The number of rotatable bonds is 4. The van der Waals surface area contributed by atoms with Crippen LogP contribution in [0.3, 0.4) is 0 Å². The summed E-state index contributed by atoms with van der Waals surface area (Å²) in [6.45, 7) is 0.845. The van der Waals surface area contributed by atoms with Gasteiger partial charge in [0.15, 0.2) is 11.5 Å². The first kappa shape index (κ1) is 17.2. The minimum absolute atomic E-state index is 0.000113. The number of carbonyl (C=O) groups excluding carboxylic acids is 2. The van der Waals surface area contributed by atoms with Crippen LogP contribution < -0.4 is 0 Å². The van der Waals surface area contributed by atoms with Gasteiger partial charge >= 0.3 is 5.97 Å². The molecule has 130 valence electrons. The largest absolute Gasteiger partial charge is 0.478 e. The van der Waals surface area contributed by atoms with Crippen LogP contribution in [-0.4, -0.2) is 40.8 Å². The van der Waals surface area contributed by atoms with Gasteiger partial charge in [-0.3, -0.25) is 9.59 Å². The summed E-state index contributed by atoms with van der Waals surface area (Å²) in [6, 6.07) is 8.00. The third-order valence-corrected chi connectivity index (χ3v) is 4.59. The van der Waals surface area contributed by atoms with Crippen LogP contribution in [0.25, 0.3) is 0 Å². The Labute approximate surface area is 149 Å². The van der Waals surface area contributed by atoms with Crippen LogP contribution in [0.4, 0.5) is 0 Å². The quantitative estimate of drug-likeness (QED) is 0.843. The molecule has 2 heterocycles. The molecule has 0 bridgehead atoms. The van der Waals surface area contributed by atoms with Gasteiger partial charge in [0.1, 0.15) is 6.26 Å². The second kappa shape index (κ2) is 7.11. The topological polar surface area (TPSA) is 87.8 Å². The number of nitrogens with zero attached hydrogens (tertiary/aromatic N) is 1. The molecule has 1 N–H and O–H groups in total. The first-order valence-corrected chi connectivity index (χ1v) is 8.24. The van der Waals surface area contributed by atoms with E-state index in [0.29, 0.717) is 36.5 Å². The maximum Gasteiger partial charge on any atom is 0.338 e. The number of amides is 1. The normalized spacial score (nSPS) is 15.2. The van der Waals surface area contributed by atoms with Crippen LogP contribution in [0.2, 0.25) is 5.02 Å². The standard InChI is InChI=1S/C18H16ClNO5/c19-14-3-1-11(2-4-14)16(21)12-5-7-20(8-6-12)17(22)15-9-13(10-25-15)18(23)24/h1-4,9-10,12H,5-8H2,(H,23,24). The maximum atomic E-state index is 12.5. The van der Waals surface area contributed by atoms with Crippen molar-refractivity contribution in [3.05, 3.63) is 58.5 Å². The van der Waals surface area contributed by atoms with Crippen molar-refractivity contribution in [1.29, 1.82) is 0 Å². The molecule has 0 spiro atoms. The van der Waals surface area contributed by atoms with Crippen molar-refractivity contribution in [2.75, 3.05) is 13.1 Å². The van der Waals surface area contributed by atoms with Gasteiger partial charge in [0.2, 0.25) is 0 Å². The van der Waals surface area contributed by atoms with E-state index in [-0.39, 0.29) is 28.9 Å². The molecule has 1 aliphatic heterocycles. The lowest BCUT2D eigenvalue weighted by molar-refractivity contribution is 0.0624. The van der Waals surface area contributed by atoms with Crippen molar-refractivity contribution in [1.82, 2.24) is 4.90 Å². The summed E-state index contributed by atoms with van der Waals surface area (Å²) in [5.74, 6) is -1.59. The maximum absolute atomic E-state index is 12.5. The van der Waals surface area contributed by atoms with E-state index in [4.69, 9.17) is 21.1 Å². The summed E-state index contributed by atoms with van der Waals surface area (Å²) in [4.78, 5) is 37.3. The molecule has 0 saturated carbocycles. The van der Waals surface area contributed by atoms with E-state index in [1.807, 2.05) is 0 Å². The lowest BCUT2D eigenvalue weighted by Crippen LogP contribution is -2.40. The van der Waals surface area contributed by atoms with Crippen LogP contribution in [0.5, 0.6) is 0 Å². The molecule has 0 radical (unpaired) electrons. The van der Waals surface area contributed by atoms with Crippen LogP contribution >= 0.6 is 11.6 Å². The highest BCUT2D eigenvalue weighted by atomic mass is 35.5. The number of carboxylic acids is 1. The van der Waals surface area contributed by atoms with Crippen LogP contribution in [0.15, 0.2) is 41.0 Å². The molecule has 3 rings (SSSR count). The molecule has 1 aromatic carbocycles. The van der Waals surface area contributed by atoms with E-state index >= 15 is 0 Å². The lowest BCUT2D eigenvalue weighted by atomic mass is 9.89. The number of carbonyl (C=O) groups is 3. The average Bonchev–Trinajstić information content (AvgIpc) is 3.12. The Balaban J connectivity index is 1.61. The third-order valence-electron chi connectivity index (χ3n) is 4.34. The van der Waals surface area contributed by atoms with Crippen molar-refractivity contribution in [3.63, 3.8) is 0 Å². The Hall–Kier alpha value is -2.60. The van der Waals surface area contributed by atoms with E-state index in [0.717, 1.165) is 6.26 Å². The molecule has 0 aliphatic carbocycles. The van der Waals surface area contributed by atoms with Gasteiger partial charge in [-0.25, -0.2) is 4.79 Å². The molecule has 6 nitrogen and oxygen atoms in total. The number of aromatic carboxylic acids is 1. The number of benzene rings is 1. The Morgan fingerprint density at radius 1 is 1.08 bits per heavy atom. The zero-order valence-electron chi connectivity index (χ0n) is 13.3. The molecule has 1 aromatic heterocycles. The fourth-order valence-electron chi connectivity index (χ4n) is 2.91. The molecule has 0 atom stereocenters. The van der Waals surface area contributed by atoms with Crippen molar-refractivity contribution in [2.45, 2.75) is 12.8 Å². The number of likely N-dealkylation sites (tertiary alicyclic amines) is 1. The van der Waals surface area contributed by atoms with Crippen LogP contribution in [0.1, 0.15) is 44.1 Å². The van der Waals surface area contributed by atoms with Gasteiger partial charge in [-0.2, -0.15) is 0 Å². The van der Waals surface area contributed by atoms with Crippen molar-refractivity contribution < 1.29 is 23.9 Å². The predicted octanol–water partition coefficient (Wildman–Crippen LogP) is 3.37. The van der Waals surface area contributed by atoms with Gasteiger partial charge in [-0.1, -0.05) is 11.6 Å². The smallest absolute Gasteiger partial charge is 0.338 e. The number of furan rings is 1. The van der Waals surface area contributed by atoms with E-state index in [1.54, 1.807) is 29.2 Å². The second-order valence-corrected chi connectivity index (χ2v) is 6.38. The zero-order chi connectivity index (χ0) is 18.0. The fraction of sp³-hybridized carbons (Fsp3) is 0.278. The Bertz CT molecular complexity index is 803. The summed E-state index contributed by atoms with van der Waals surface area (Å²) in [7, 11) is 0. The Kier molecular flexibility index (Phi) is 4.90. The zero-order valence-corrected chi connectivity index (χ0v) is 14.0. The molecular weight excluding hydrogens is 346 g/mol. The van der Waals surface area contributed by atoms with Crippen molar-refractivity contribution >= 4 is 29.3 Å². The number of halogens is 1. The van der Waals surface area contributed by atoms with E-state index in [9.17, 15) is 14.4 Å². The third kappa shape index (κ3) is 3.74. The first-order valence-electron chi connectivity index (χ1n) is 7.86. The molecule has 7 heteroatoms. The van der Waals surface area contributed by atoms with Gasteiger partial charge in [0, 0.05) is 35.7 Å². The molecule has 0 unspecified atom stereocenters. The monoisotopic (exact) mass is 361 g/mol. The molecule has 1 amide bonds. The molecule has 1 saturated heterocycles. The van der Waals surface area contributed by atoms with Crippen molar-refractivity contribution in [3.8, 4) is 0 Å². The fourth-order valence-corrected chi connectivity index (χ4v) is 3.04. The van der Waals surface area contributed by atoms with Crippen LogP contribution in [-0.2, 0) is 0 Å². The summed E-state index contributed by atoms with van der Waals surface area (Å²) >= 11 is 5.83.